The maximum atomic E-state index is 4.81. The molecule has 1 fully saturated rings. The molecule has 1 aromatic heterocycles. The van der Waals surface area contributed by atoms with Crippen LogP contribution >= 0.6 is 24.8 Å². The van der Waals surface area contributed by atoms with Crippen LogP contribution in [0.1, 0.15) is 50.1 Å². The number of hydrogen-bond acceptors (Lipinski definition) is 2. The molecule has 2 aliphatic rings. The monoisotopic (exact) mass is 305 g/mol. The highest BCUT2D eigenvalue weighted by Gasteiger charge is 2.43. The number of aromatic nitrogens is 2. The highest BCUT2D eigenvalue weighted by atomic mass is 35.5. The summed E-state index contributed by atoms with van der Waals surface area (Å²) in [4.78, 5) is 0. The van der Waals surface area contributed by atoms with Crippen LogP contribution in [0.3, 0.4) is 0 Å². The zero-order valence-corrected chi connectivity index (χ0v) is 13.5. The number of piperidine rings is 1. The van der Waals surface area contributed by atoms with Crippen molar-refractivity contribution in [3.63, 3.8) is 0 Å². The minimum absolute atomic E-state index is 0. The van der Waals surface area contributed by atoms with Gasteiger partial charge in [0.15, 0.2) is 0 Å². The van der Waals surface area contributed by atoms with E-state index < -0.39 is 0 Å². The molecule has 0 bridgehead atoms. The fourth-order valence-electron chi connectivity index (χ4n) is 3.79. The normalized spacial score (nSPS) is 19.7. The number of hydrogen-bond donors (Lipinski definition) is 1. The lowest BCUT2D eigenvalue weighted by molar-refractivity contribution is 0.287. The standard InChI is InChI=1S/C14H23N3.2ClH/c1-3-12-11-5-6-14(7-9-15-10-8-14)13(11)17(4-2)16-12;;/h15H,3-10H2,1-2H3;2*1H. The Morgan fingerprint density at radius 2 is 1.84 bits per heavy atom. The minimum Gasteiger partial charge on any atom is -0.317 e. The molecule has 0 saturated carbocycles. The van der Waals surface area contributed by atoms with Gasteiger partial charge in [0.1, 0.15) is 0 Å². The number of aryl methyl sites for hydroxylation is 2. The van der Waals surface area contributed by atoms with Crippen molar-refractivity contribution in [3.05, 3.63) is 17.0 Å². The molecule has 110 valence electrons. The van der Waals surface area contributed by atoms with Gasteiger partial charge in [0.05, 0.1) is 5.69 Å². The third-order valence-corrected chi connectivity index (χ3v) is 4.68. The van der Waals surface area contributed by atoms with E-state index in [1.54, 1.807) is 11.3 Å². The van der Waals surface area contributed by atoms with E-state index in [-0.39, 0.29) is 24.8 Å². The van der Waals surface area contributed by atoms with E-state index in [9.17, 15) is 0 Å². The minimum atomic E-state index is 0. The van der Waals surface area contributed by atoms with Crippen molar-refractivity contribution in [2.75, 3.05) is 13.1 Å². The zero-order valence-electron chi connectivity index (χ0n) is 11.9. The van der Waals surface area contributed by atoms with Crippen LogP contribution in [0.15, 0.2) is 0 Å². The first-order chi connectivity index (χ1) is 8.30. The van der Waals surface area contributed by atoms with Crippen LogP contribution in [0, 0.1) is 0 Å². The van der Waals surface area contributed by atoms with Crippen LogP contribution in [0.25, 0.3) is 0 Å². The second-order valence-corrected chi connectivity index (χ2v) is 5.47. The molecule has 2 heterocycles. The lowest BCUT2D eigenvalue weighted by Crippen LogP contribution is -2.39. The van der Waals surface area contributed by atoms with Gasteiger partial charge in [0.2, 0.25) is 0 Å². The van der Waals surface area contributed by atoms with Gasteiger partial charge in [-0.05, 0) is 57.7 Å². The first kappa shape index (κ1) is 16.8. The van der Waals surface area contributed by atoms with Gasteiger partial charge in [-0.3, -0.25) is 4.68 Å². The Kier molecular flexibility index (Phi) is 5.72. The molecule has 1 N–H and O–H groups in total. The Labute approximate surface area is 128 Å². The van der Waals surface area contributed by atoms with E-state index in [0.717, 1.165) is 13.0 Å². The molecular formula is C14H25Cl2N3. The summed E-state index contributed by atoms with van der Waals surface area (Å²) in [6, 6.07) is 0. The zero-order chi connectivity index (χ0) is 11.9. The molecule has 0 radical (unpaired) electrons. The second kappa shape index (κ2) is 6.47. The molecule has 1 aromatic rings. The molecule has 0 aromatic carbocycles. The van der Waals surface area contributed by atoms with Crippen molar-refractivity contribution < 1.29 is 0 Å². The topological polar surface area (TPSA) is 29.9 Å². The number of halogens is 2. The maximum absolute atomic E-state index is 4.81. The molecule has 0 unspecified atom stereocenters. The first-order valence-electron chi connectivity index (χ1n) is 7.10. The molecule has 0 atom stereocenters. The number of nitrogens with zero attached hydrogens (tertiary/aromatic N) is 2. The summed E-state index contributed by atoms with van der Waals surface area (Å²) in [6.07, 6.45) is 6.31. The van der Waals surface area contributed by atoms with E-state index in [1.165, 1.54) is 44.5 Å². The van der Waals surface area contributed by atoms with Crippen LogP contribution in [0.4, 0.5) is 0 Å². The van der Waals surface area contributed by atoms with E-state index in [4.69, 9.17) is 5.10 Å². The SMILES string of the molecule is CCc1nn(CC)c2c1CCC21CCNCC1.Cl.Cl. The summed E-state index contributed by atoms with van der Waals surface area (Å²) >= 11 is 0. The summed E-state index contributed by atoms with van der Waals surface area (Å²) < 4.78 is 2.30. The van der Waals surface area contributed by atoms with Gasteiger partial charge in [-0.1, -0.05) is 6.92 Å². The van der Waals surface area contributed by atoms with Crippen molar-refractivity contribution in [3.8, 4) is 0 Å². The molecule has 1 aliphatic carbocycles. The van der Waals surface area contributed by atoms with Gasteiger partial charge in [-0.15, -0.1) is 24.8 Å². The highest BCUT2D eigenvalue weighted by Crippen LogP contribution is 2.46. The van der Waals surface area contributed by atoms with Crippen molar-refractivity contribution in [1.82, 2.24) is 15.1 Å². The third-order valence-electron chi connectivity index (χ3n) is 4.68. The lowest BCUT2D eigenvalue weighted by Gasteiger charge is -2.35. The summed E-state index contributed by atoms with van der Waals surface area (Å²) in [7, 11) is 0. The summed E-state index contributed by atoms with van der Waals surface area (Å²) in [5.74, 6) is 0. The van der Waals surface area contributed by atoms with Crippen LogP contribution < -0.4 is 5.32 Å². The average molecular weight is 306 g/mol. The summed E-state index contributed by atoms with van der Waals surface area (Å²) in [6.45, 7) is 7.83. The smallest absolute Gasteiger partial charge is 0.0656 e. The Hall–Kier alpha value is -0.250. The predicted molar refractivity (Wildman–Crippen MR) is 83.9 cm³/mol. The maximum Gasteiger partial charge on any atom is 0.0656 e. The molecule has 0 amide bonds. The number of fused-ring (bicyclic) bond motifs is 2. The van der Waals surface area contributed by atoms with Crippen molar-refractivity contribution in [2.24, 2.45) is 0 Å². The van der Waals surface area contributed by atoms with Crippen LogP contribution in [-0.4, -0.2) is 22.9 Å². The van der Waals surface area contributed by atoms with Gasteiger partial charge < -0.3 is 5.32 Å². The summed E-state index contributed by atoms with van der Waals surface area (Å²) in [5, 5.41) is 8.31. The predicted octanol–water partition coefficient (Wildman–Crippen LogP) is 2.88. The quantitative estimate of drug-likeness (QED) is 0.910. The van der Waals surface area contributed by atoms with Gasteiger partial charge in [0, 0.05) is 17.7 Å². The Balaban J connectivity index is 0.000000902. The molecule has 5 heteroatoms. The van der Waals surface area contributed by atoms with Gasteiger partial charge in [-0.25, -0.2) is 0 Å². The highest BCUT2D eigenvalue weighted by molar-refractivity contribution is 5.85. The molecule has 3 nitrogen and oxygen atoms in total. The van der Waals surface area contributed by atoms with Crippen molar-refractivity contribution in [2.45, 2.75) is 57.9 Å². The van der Waals surface area contributed by atoms with Crippen molar-refractivity contribution >= 4 is 24.8 Å². The van der Waals surface area contributed by atoms with Gasteiger partial charge >= 0.3 is 0 Å². The fraction of sp³-hybridized carbons (Fsp3) is 0.786. The first-order valence-corrected chi connectivity index (χ1v) is 7.10. The van der Waals surface area contributed by atoms with Crippen LogP contribution in [-0.2, 0) is 24.8 Å². The molecule has 1 spiro atoms. The Morgan fingerprint density at radius 1 is 1.16 bits per heavy atom. The van der Waals surface area contributed by atoms with E-state index in [2.05, 4.69) is 23.8 Å². The van der Waals surface area contributed by atoms with Gasteiger partial charge in [0.25, 0.3) is 0 Å². The van der Waals surface area contributed by atoms with Crippen molar-refractivity contribution in [1.29, 1.82) is 0 Å². The fourth-order valence-corrected chi connectivity index (χ4v) is 3.79. The van der Waals surface area contributed by atoms with E-state index in [0.29, 0.717) is 5.41 Å². The Morgan fingerprint density at radius 3 is 2.42 bits per heavy atom. The summed E-state index contributed by atoms with van der Waals surface area (Å²) in [5.41, 5.74) is 5.00. The molecular weight excluding hydrogens is 281 g/mol. The van der Waals surface area contributed by atoms with Crippen LogP contribution in [0.5, 0.6) is 0 Å². The second-order valence-electron chi connectivity index (χ2n) is 5.47. The molecule has 3 rings (SSSR count). The number of nitrogens with one attached hydrogen (secondary N) is 1. The number of rotatable bonds is 2. The van der Waals surface area contributed by atoms with Crippen LogP contribution in [0.2, 0.25) is 0 Å². The van der Waals surface area contributed by atoms with E-state index >= 15 is 0 Å². The molecule has 1 saturated heterocycles. The molecule has 19 heavy (non-hydrogen) atoms. The Bertz CT molecular complexity index is 423. The lowest BCUT2D eigenvalue weighted by atomic mass is 9.76. The van der Waals surface area contributed by atoms with Gasteiger partial charge in [-0.2, -0.15) is 5.10 Å². The average Bonchev–Trinajstić information content (AvgIpc) is 2.90. The largest absolute Gasteiger partial charge is 0.317 e. The third kappa shape index (κ3) is 2.53. The van der Waals surface area contributed by atoms with E-state index in [1.807, 2.05) is 0 Å². The molecule has 1 aliphatic heterocycles.